The number of carbonyl (C=O) groups excluding carboxylic acids is 1. The third-order valence-electron chi connectivity index (χ3n) is 2.56. The molecule has 1 rings (SSSR count). The third kappa shape index (κ3) is 4.69. The van der Waals surface area contributed by atoms with Crippen molar-refractivity contribution in [1.29, 1.82) is 0 Å². The van der Waals surface area contributed by atoms with Gasteiger partial charge in [-0.3, -0.25) is 4.79 Å². The van der Waals surface area contributed by atoms with E-state index >= 15 is 0 Å². The minimum atomic E-state index is -0.00634. The van der Waals surface area contributed by atoms with Crippen LogP contribution in [0.1, 0.15) is 20.8 Å². The van der Waals surface area contributed by atoms with Crippen molar-refractivity contribution in [2.24, 2.45) is 0 Å². The zero-order valence-corrected chi connectivity index (χ0v) is 12.1. The molecule has 5 nitrogen and oxygen atoms in total. The molecule has 0 fully saturated rings. The van der Waals surface area contributed by atoms with Crippen molar-refractivity contribution in [2.75, 3.05) is 30.8 Å². The summed E-state index contributed by atoms with van der Waals surface area (Å²) in [6.45, 7) is 6.74. The highest BCUT2D eigenvalue weighted by atomic mass is 16.5. The van der Waals surface area contributed by atoms with Crippen LogP contribution in [0.5, 0.6) is 5.75 Å². The number of nitrogens with two attached hydrogens (primary N) is 1. The summed E-state index contributed by atoms with van der Waals surface area (Å²) in [5, 5.41) is 2.77. The molecule has 1 aromatic rings. The Bertz CT molecular complexity index is 433. The van der Waals surface area contributed by atoms with Gasteiger partial charge in [-0.05, 0) is 32.9 Å². The zero-order valence-electron chi connectivity index (χ0n) is 12.1. The van der Waals surface area contributed by atoms with Crippen molar-refractivity contribution in [2.45, 2.75) is 26.9 Å². The quantitative estimate of drug-likeness (QED) is 0.767. The van der Waals surface area contributed by atoms with E-state index in [4.69, 9.17) is 10.5 Å². The predicted molar refractivity (Wildman–Crippen MR) is 78.6 cm³/mol. The maximum atomic E-state index is 11.5. The molecule has 0 unspecified atom stereocenters. The molecular formula is C14H23N3O2. The predicted octanol–water partition coefficient (Wildman–Crippen LogP) is 1.63. The number of nitrogens with zero attached hydrogens (tertiary/aromatic N) is 1. The number of nitrogen functional groups attached to an aromatic ring is 1. The summed E-state index contributed by atoms with van der Waals surface area (Å²) in [6.07, 6.45) is 0.0613. The number of ether oxygens (including phenoxy) is 1. The molecule has 19 heavy (non-hydrogen) atoms. The van der Waals surface area contributed by atoms with Crippen LogP contribution in [-0.4, -0.2) is 32.1 Å². The number of carbonyl (C=O) groups is 1. The van der Waals surface area contributed by atoms with E-state index in [9.17, 15) is 4.79 Å². The van der Waals surface area contributed by atoms with Gasteiger partial charge in [0.15, 0.2) is 0 Å². The van der Waals surface area contributed by atoms with Gasteiger partial charge in [-0.2, -0.15) is 0 Å². The molecule has 3 N–H and O–H groups in total. The Morgan fingerprint density at radius 1 is 1.47 bits per heavy atom. The molecular weight excluding hydrogens is 242 g/mol. The number of hydrogen-bond donors (Lipinski definition) is 2. The molecule has 0 aliphatic rings. The van der Waals surface area contributed by atoms with Gasteiger partial charge in [0.25, 0.3) is 0 Å². The lowest BCUT2D eigenvalue weighted by Gasteiger charge is -2.21. The van der Waals surface area contributed by atoms with E-state index in [2.05, 4.69) is 5.32 Å². The Hall–Kier alpha value is -1.91. The Morgan fingerprint density at radius 2 is 2.16 bits per heavy atom. The normalized spacial score (nSPS) is 10.4. The largest absolute Gasteiger partial charge is 0.489 e. The lowest BCUT2D eigenvalue weighted by molar-refractivity contribution is -0.119. The zero-order chi connectivity index (χ0) is 14.4. The number of likely N-dealkylation sites (N-methyl/N-ethyl adjacent to an activating group) is 2. The lowest BCUT2D eigenvalue weighted by atomic mass is 10.2. The Morgan fingerprint density at radius 3 is 2.74 bits per heavy atom. The second kappa shape index (κ2) is 6.87. The standard InChI is InChI=1S/C14H23N3O2/c1-5-16-14(18)9-17(4)11-6-7-12(15)13(8-11)19-10(2)3/h6-8,10H,5,9,15H2,1-4H3,(H,16,18). The second-order valence-electron chi connectivity index (χ2n) is 4.70. The molecule has 5 heteroatoms. The molecule has 1 amide bonds. The fourth-order valence-electron chi connectivity index (χ4n) is 1.68. The Labute approximate surface area is 114 Å². The summed E-state index contributed by atoms with van der Waals surface area (Å²) in [7, 11) is 1.86. The van der Waals surface area contributed by atoms with Crippen LogP contribution >= 0.6 is 0 Å². The molecule has 0 atom stereocenters. The lowest BCUT2D eigenvalue weighted by Crippen LogP contribution is -2.34. The van der Waals surface area contributed by atoms with Gasteiger partial charge < -0.3 is 20.7 Å². The summed E-state index contributed by atoms with van der Waals surface area (Å²) in [6, 6.07) is 5.53. The van der Waals surface area contributed by atoms with Gasteiger partial charge in [0.1, 0.15) is 5.75 Å². The van der Waals surface area contributed by atoms with Crippen LogP contribution in [0.15, 0.2) is 18.2 Å². The molecule has 0 bridgehead atoms. The summed E-state index contributed by atoms with van der Waals surface area (Å²) >= 11 is 0. The molecule has 0 saturated heterocycles. The molecule has 0 aliphatic heterocycles. The van der Waals surface area contributed by atoms with E-state index in [-0.39, 0.29) is 12.0 Å². The molecule has 1 aromatic carbocycles. The van der Waals surface area contributed by atoms with Crippen LogP contribution in [0.3, 0.4) is 0 Å². The maximum absolute atomic E-state index is 11.5. The van der Waals surface area contributed by atoms with Crippen LogP contribution in [0.2, 0.25) is 0 Å². The first-order valence-electron chi connectivity index (χ1n) is 6.48. The highest BCUT2D eigenvalue weighted by molar-refractivity contribution is 5.81. The van der Waals surface area contributed by atoms with Gasteiger partial charge >= 0.3 is 0 Å². The molecule has 0 heterocycles. The highest BCUT2D eigenvalue weighted by Gasteiger charge is 2.10. The minimum absolute atomic E-state index is 0.00634. The molecule has 0 saturated carbocycles. The number of nitrogens with one attached hydrogen (secondary N) is 1. The van der Waals surface area contributed by atoms with Crippen molar-refractivity contribution >= 4 is 17.3 Å². The van der Waals surface area contributed by atoms with Crippen LogP contribution < -0.4 is 20.7 Å². The SMILES string of the molecule is CCNC(=O)CN(C)c1ccc(N)c(OC(C)C)c1. The van der Waals surface area contributed by atoms with E-state index in [0.29, 0.717) is 24.5 Å². The smallest absolute Gasteiger partial charge is 0.239 e. The van der Waals surface area contributed by atoms with Crippen LogP contribution in [0, 0.1) is 0 Å². The van der Waals surface area contributed by atoms with Gasteiger partial charge in [-0.25, -0.2) is 0 Å². The first-order chi connectivity index (χ1) is 8.93. The van der Waals surface area contributed by atoms with Crippen molar-refractivity contribution in [1.82, 2.24) is 5.32 Å². The van der Waals surface area contributed by atoms with E-state index in [1.165, 1.54) is 0 Å². The van der Waals surface area contributed by atoms with Crippen molar-refractivity contribution in [3.05, 3.63) is 18.2 Å². The summed E-state index contributed by atoms with van der Waals surface area (Å²) in [5.41, 5.74) is 7.36. The van der Waals surface area contributed by atoms with Gasteiger partial charge in [0, 0.05) is 25.3 Å². The summed E-state index contributed by atoms with van der Waals surface area (Å²) in [5.74, 6) is 0.642. The molecule has 0 spiro atoms. The average molecular weight is 265 g/mol. The summed E-state index contributed by atoms with van der Waals surface area (Å²) < 4.78 is 5.64. The van der Waals surface area contributed by atoms with Crippen molar-refractivity contribution in [3.8, 4) is 5.75 Å². The van der Waals surface area contributed by atoms with Crippen LogP contribution in [0.4, 0.5) is 11.4 Å². The summed E-state index contributed by atoms with van der Waals surface area (Å²) in [4.78, 5) is 13.4. The minimum Gasteiger partial charge on any atom is -0.489 e. The second-order valence-corrected chi connectivity index (χ2v) is 4.70. The first kappa shape index (κ1) is 15.1. The highest BCUT2D eigenvalue weighted by Crippen LogP contribution is 2.28. The van der Waals surface area contributed by atoms with Crippen molar-refractivity contribution in [3.63, 3.8) is 0 Å². The van der Waals surface area contributed by atoms with Crippen LogP contribution in [0.25, 0.3) is 0 Å². The number of amides is 1. The third-order valence-corrected chi connectivity index (χ3v) is 2.56. The van der Waals surface area contributed by atoms with Gasteiger partial charge in [-0.1, -0.05) is 0 Å². The van der Waals surface area contributed by atoms with E-state index in [0.717, 1.165) is 5.69 Å². The number of benzene rings is 1. The van der Waals surface area contributed by atoms with E-state index in [1.807, 2.05) is 44.9 Å². The Balaban J connectivity index is 2.80. The first-order valence-corrected chi connectivity index (χ1v) is 6.48. The van der Waals surface area contributed by atoms with Crippen LogP contribution in [-0.2, 0) is 4.79 Å². The Kier molecular flexibility index (Phi) is 5.48. The van der Waals surface area contributed by atoms with E-state index < -0.39 is 0 Å². The molecule has 106 valence electrons. The molecule has 0 aliphatic carbocycles. The molecule has 0 aromatic heterocycles. The van der Waals surface area contributed by atoms with E-state index in [1.54, 1.807) is 6.07 Å². The monoisotopic (exact) mass is 265 g/mol. The van der Waals surface area contributed by atoms with Gasteiger partial charge in [0.2, 0.25) is 5.91 Å². The fourth-order valence-corrected chi connectivity index (χ4v) is 1.68. The fraction of sp³-hybridized carbons (Fsp3) is 0.500. The number of anilines is 2. The average Bonchev–Trinajstić information content (AvgIpc) is 2.31. The number of rotatable bonds is 6. The topological polar surface area (TPSA) is 67.6 Å². The van der Waals surface area contributed by atoms with Crippen molar-refractivity contribution < 1.29 is 9.53 Å². The number of hydrogen-bond acceptors (Lipinski definition) is 4. The van der Waals surface area contributed by atoms with Gasteiger partial charge in [0.05, 0.1) is 18.3 Å². The maximum Gasteiger partial charge on any atom is 0.239 e. The van der Waals surface area contributed by atoms with Gasteiger partial charge in [-0.15, -0.1) is 0 Å². The molecule has 0 radical (unpaired) electrons.